The molecule has 0 aromatic heterocycles. The molecule has 0 bridgehead atoms. The van der Waals surface area contributed by atoms with E-state index in [0.29, 0.717) is 11.4 Å². The third-order valence-electron chi connectivity index (χ3n) is 1.90. The fourth-order valence-corrected chi connectivity index (χ4v) is 1.71. The number of carbonyl (C=O) groups is 1. The standard InChI is InChI=1S/C12H15NO2S/c1-3-6-16-8-12(15)13-10-5-4-9(2)7-11(10)14/h3-5,7,14H,1,6,8H2,2H3,(H,13,15). The smallest absolute Gasteiger partial charge is 0.234 e. The summed E-state index contributed by atoms with van der Waals surface area (Å²) in [5.74, 6) is 1.08. The Bertz CT molecular complexity index is 391. The van der Waals surface area contributed by atoms with Gasteiger partial charge in [0.2, 0.25) is 5.91 Å². The highest BCUT2D eigenvalue weighted by Crippen LogP contribution is 2.23. The molecule has 0 heterocycles. The van der Waals surface area contributed by atoms with Crippen LogP contribution in [-0.2, 0) is 4.79 Å². The minimum absolute atomic E-state index is 0.0991. The van der Waals surface area contributed by atoms with Gasteiger partial charge in [-0.25, -0.2) is 0 Å². The molecular formula is C12H15NO2S. The summed E-state index contributed by atoms with van der Waals surface area (Å²) in [7, 11) is 0. The molecule has 16 heavy (non-hydrogen) atoms. The molecule has 86 valence electrons. The van der Waals surface area contributed by atoms with Crippen molar-refractivity contribution in [2.24, 2.45) is 0 Å². The van der Waals surface area contributed by atoms with Crippen molar-refractivity contribution in [3.8, 4) is 5.75 Å². The monoisotopic (exact) mass is 237 g/mol. The van der Waals surface area contributed by atoms with Gasteiger partial charge in [0, 0.05) is 5.75 Å². The third kappa shape index (κ3) is 3.98. The summed E-state index contributed by atoms with van der Waals surface area (Å²) in [5.41, 5.74) is 1.41. The van der Waals surface area contributed by atoms with Gasteiger partial charge in [0.25, 0.3) is 0 Å². The zero-order valence-corrected chi connectivity index (χ0v) is 10.0. The predicted octanol–water partition coefficient (Wildman–Crippen LogP) is 2.56. The second kappa shape index (κ2) is 6.23. The lowest BCUT2D eigenvalue weighted by Crippen LogP contribution is -2.14. The number of hydrogen-bond donors (Lipinski definition) is 2. The lowest BCUT2D eigenvalue weighted by molar-refractivity contribution is -0.113. The lowest BCUT2D eigenvalue weighted by atomic mass is 10.2. The van der Waals surface area contributed by atoms with E-state index in [1.54, 1.807) is 18.2 Å². The first kappa shape index (κ1) is 12.6. The fraction of sp³-hybridized carbons (Fsp3) is 0.250. The van der Waals surface area contributed by atoms with Gasteiger partial charge in [-0.3, -0.25) is 4.79 Å². The molecule has 0 atom stereocenters. The van der Waals surface area contributed by atoms with Crippen molar-refractivity contribution in [2.45, 2.75) is 6.92 Å². The normalized spacial score (nSPS) is 9.81. The van der Waals surface area contributed by atoms with Crippen molar-refractivity contribution in [1.82, 2.24) is 0 Å². The summed E-state index contributed by atoms with van der Waals surface area (Å²) in [6.45, 7) is 5.45. The first-order valence-corrected chi connectivity index (χ1v) is 6.07. The molecule has 0 saturated heterocycles. The van der Waals surface area contributed by atoms with Gasteiger partial charge >= 0.3 is 0 Å². The highest BCUT2D eigenvalue weighted by molar-refractivity contribution is 8.00. The zero-order chi connectivity index (χ0) is 12.0. The van der Waals surface area contributed by atoms with Crippen LogP contribution in [0.4, 0.5) is 5.69 Å². The van der Waals surface area contributed by atoms with Gasteiger partial charge in [0.05, 0.1) is 11.4 Å². The molecule has 0 radical (unpaired) electrons. The van der Waals surface area contributed by atoms with E-state index in [4.69, 9.17) is 0 Å². The molecule has 0 aliphatic heterocycles. The maximum absolute atomic E-state index is 11.4. The van der Waals surface area contributed by atoms with E-state index in [2.05, 4.69) is 11.9 Å². The van der Waals surface area contributed by atoms with Crippen molar-refractivity contribution in [3.63, 3.8) is 0 Å². The average molecular weight is 237 g/mol. The van der Waals surface area contributed by atoms with Crippen molar-refractivity contribution < 1.29 is 9.90 Å². The summed E-state index contributed by atoms with van der Waals surface area (Å²) in [6.07, 6.45) is 1.75. The van der Waals surface area contributed by atoms with E-state index in [9.17, 15) is 9.90 Å². The molecule has 2 N–H and O–H groups in total. The topological polar surface area (TPSA) is 49.3 Å². The van der Waals surface area contributed by atoms with Gasteiger partial charge in [-0.2, -0.15) is 0 Å². The number of phenols is 1. The maximum Gasteiger partial charge on any atom is 0.234 e. The number of carbonyl (C=O) groups excluding carboxylic acids is 1. The van der Waals surface area contributed by atoms with Crippen LogP contribution in [0.1, 0.15) is 5.56 Å². The molecule has 0 aliphatic carbocycles. The highest BCUT2D eigenvalue weighted by Gasteiger charge is 2.05. The van der Waals surface area contributed by atoms with Crippen LogP contribution in [0, 0.1) is 6.92 Å². The second-order valence-electron chi connectivity index (χ2n) is 3.37. The van der Waals surface area contributed by atoms with E-state index in [1.807, 2.05) is 13.0 Å². The molecule has 1 aromatic rings. The molecule has 1 aromatic carbocycles. The molecule has 0 unspecified atom stereocenters. The van der Waals surface area contributed by atoms with Crippen molar-refractivity contribution in [1.29, 1.82) is 0 Å². The molecule has 1 amide bonds. The van der Waals surface area contributed by atoms with Crippen molar-refractivity contribution >= 4 is 23.4 Å². The Morgan fingerprint density at radius 2 is 2.38 bits per heavy atom. The Labute approximate surface area is 99.6 Å². The average Bonchev–Trinajstić information content (AvgIpc) is 2.23. The first-order chi connectivity index (χ1) is 7.63. The Hall–Kier alpha value is -1.42. The Morgan fingerprint density at radius 1 is 1.62 bits per heavy atom. The predicted molar refractivity (Wildman–Crippen MR) is 69.0 cm³/mol. The number of aryl methyl sites for hydroxylation is 1. The van der Waals surface area contributed by atoms with E-state index in [-0.39, 0.29) is 11.7 Å². The number of nitrogens with one attached hydrogen (secondary N) is 1. The minimum atomic E-state index is -0.119. The Balaban J connectivity index is 2.52. The minimum Gasteiger partial charge on any atom is -0.506 e. The fourth-order valence-electron chi connectivity index (χ4n) is 1.17. The summed E-state index contributed by atoms with van der Waals surface area (Å²) in [4.78, 5) is 11.4. The van der Waals surface area contributed by atoms with E-state index in [0.717, 1.165) is 11.3 Å². The largest absolute Gasteiger partial charge is 0.506 e. The lowest BCUT2D eigenvalue weighted by Gasteiger charge is -2.07. The van der Waals surface area contributed by atoms with Crippen LogP contribution >= 0.6 is 11.8 Å². The molecule has 0 saturated carbocycles. The number of hydrogen-bond acceptors (Lipinski definition) is 3. The van der Waals surface area contributed by atoms with E-state index in [1.165, 1.54) is 11.8 Å². The number of anilines is 1. The highest BCUT2D eigenvalue weighted by atomic mass is 32.2. The molecule has 1 rings (SSSR count). The van der Waals surface area contributed by atoms with Crippen LogP contribution in [0.2, 0.25) is 0 Å². The summed E-state index contributed by atoms with van der Waals surface area (Å²) in [5, 5.41) is 12.2. The van der Waals surface area contributed by atoms with Gasteiger partial charge in [-0.15, -0.1) is 18.3 Å². The molecule has 0 fully saturated rings. The number of rotatable bonds is 5. The maximum atomic E-state index is 11.4. The first-order valence-electron chi connectivity index (χ1n) is 4.91. The summed E-state index contributed by atoms with van der Waals surface area (Å²) >= 11 is 1.48. The summed E-state index contributed by atoms with van der Waals surface area (Å²) in [6, 6.07) is 5.15. The molecule has 0 aliphatic rings. The summed E-state index contributed by atoms with van der Waals surface area (Å²) < 4.78 is 0. The van der Waals surface area contributed by atoms with Crippen molar-refractivity contribution in [3.05, 3.63) is 36.4 Å². The molecular weight excluding hydrogens is 222 g/mol. The van der Waals surface area contributed by atoms with Gasteiger partial charge in [0.1, 0.15) is 5.75 Å². The third-order valence-corrected chi connectivity index (χ3v) is 2.83. The van der Waals surface area contributed by atoms with Gasteiger partial charge in [-0.05, 0) is 24.6 Å². The van der Waals surface area contributed by atoms with Crippen LogP contribution in [0.25, 0.3) is 0 Å². The Morgan fingerprint density at radius 3 is 3.00 bits per heavy atom. The quantitative estimate of drug-likeness (QED) is 0.470. The zero-order valence-electron chi connectivity index (χ0n) is 9.19. The number of benzene rings is 1. The van der Waals surface area contributed by atoms with E-state index < -0.39 is 0 Å². The Kier molecular flexibility index (Phi) is 4.92. The van der Waals surface area contributed by atoms with E-state index >= 15 is 0 Å². The van der Waals surface area contributed by atoms with Crippen LogP contribution < -0.4 is 5.32 Å². The van der Waals surface area contributed by atoms with Gasteiger partial charge in [0.15, 0.2) is 0 Å². The SMILES string of the molecule is C=CCSCC(=O)Nc1ccc(C)cc1O. The van der Waals surface area contributed by atoms with Crippen LogP contribution in [0.5, 0.6) is 5.75 Å². The second-order valence-corrected chi connectivity index (χ2v) is 4.40. The van der Waals surface area contributed by atoms with Crippen molar-refractivity contribution in [2.75, 3.05) is 16.8 Å². The molecule has 4 heteroatoms. The number of thioether (sulfide) groups is 1. The number of aromatic hydroxyl groups is 1. The van der Waals surface area contributed by atoms with Crippen LogP contribution in [0.3, 0.4) is 0 Å². The van der Waals surface area contributed by atoms with Crippen LogP contribution in [-0.4, -0.2) is 22.5 Å². The van der Waals surface area contributed by atoms with Gasteiger partial charge < -0.3 is 10.4 Å². The molecule has 3 nitrogen and oxygen atoms in total. The molecule has 0 spiro atoms. The number of amides is 1. The van der Waals surface area contributed by atoms with Crippen LogP contribution in [0.15, 0.2) is 30.9 Å². The van der Waals surface area contributed by atoms with Gasteiger partial charge in [-0.1, -0.05) is 12.1 Å². The number of phenolic OH excluding ortho intramolecular Hbond substituents is 1.